The fraction of sp³-hybridized carbons (Fsp3) is 0.333. The predicted octanol–water partition coefficient (Wildman–Crippen LogP) is 4.23. The van der Waals surface area contributed by atoms with Crippen LogP contribution < -0.4 is 9.47 Å². The van der Waals surface area contributed by atoms with Crippen molar-refractivity contribution in [2.75, 3.05) is 33.9 Å². The van der Waals surface area contributed by atoms with E-state index in [2.05, 4.69) is 35.2 Å². The van der Waals surface area contributed by atoms with Gasteiger partial charge < -0.3 is 19.3 Å². The van der Waals surface area contributed by atoms with Crippen LogP contribution in [-0.4, -0.2) is 50.0 Å². The lowest BCUT2D eigenvalue weighted by Gasteiger charge is -2.31. The monoisotopic (exact) mass is 433 g/mol. The molecule has 0 amide bonds. The molecule has 0 saturated carbocycles. The minimum Gasteiger partial charge on any atom is -0.493 e. The van der Waals surface area contributed by atoms with Gasteiger partial charge in [0.1, 0.15) is 6.10 Å². The molecule has 0 bridgehead atoms. The van der Waals surface area contributed by atoms with Gasteiger partial charge in [-0.3, -0.25) is 4.90 Å². The molecule has 1 N–H and O–H groups in total. The van der Waals surface area contributed by atoms with Crippen molar-refractivity contribution in [2.45, 2.75) is 25.2 Å². The lowest BCUT2D eigenvalue weighted by atomic mass is 9.98. The van der Waals surface area contributed by atoms with Crippen LogP contribution in [0.25, 0.3) is 0 Å². The van der Waals surface area contributed by atoms with Gasteiger partial charge in [0.2, 0.25) is 0 Å². The average Bonchev–Trinajstić information content (AvgIpc) is 2.84. The number of hydrogen-bond donors (Lipinski definition) is 1. The third-order valence-electron chi connectivity index (χ3n) is 5.93. The molecular formula is C27H31NO4. The maximum atomic E-state index is 10.8. The van der Waals surface area contributed by atoms with E-state index in [-0.39, 0.29) is 12.7 Å². The Bertz CT molecular complexity index is 954. The molecule has 0 radical (unpaired) electrons. The van der Waals surface area contributed by atoms with Gasteiger partial charge in [-0.2, -0.15) is 0 Å². The first kappa shape index (κ1) is 22.3. The first-order valence-electron chi connectivity index (χ1n) is 11.0. The van der Waals surface area contributed by atoms with Crippen molar-refractivity contribution in [3.63, 3.8) is 0 Å². The first-order chi connectivity index (χ1) is 15.7. The molecule has 0 fully saturated rings. The van der Waals surface area contributed by atoms with E-state index in [1.165, 1.54) is 11.1 Å². The number of rotatable bonds is 9. The van der Waals surface area contributed by atoms with Crippen molar-refractivity contribution < 1.29 is 19.3 Å². The van der Waals surface area contributed by atoms with E-state index in [1.807, 2.05) is 42.5 Å². The molecule has 4 rings (SSSR count). The Kier molecular flexibility index (Phi) is 7.43. The molecule has 0 saturated heterocycles. The molecule has 1 atom stereocenters. The molecule has 3 aromatic carbocycles. The zero-order chi connectivity index (χ0) is 22.3. The van der Waals surface area contributed by atoms with Gasteiger partial charge in [0.25, 0.3) is 0 Å². The number of methoxy groups -OCH3 is 2. The van der Waals surface area contributed by atoms with Gasteiger partial charge in [0.05, 0.1) is 26.9 Å². The number of benzene rings is 3. The predicted molar refractivity (Wildman–Crippen MR) is 125 cm³/mol. The highest BCUT2D eigenvalue weighted by Gasteiger charge is 2.22. The molecule has 0 aliphatic carbocycles. The van der Waals surface area contributed by atoms with Crippen LogP contribution in [0.3, 0.4) is 0 Å². The molecule has 1 aliphatic rings. The summed E-state index contributed by atoms with van der Waals surface area (Å²) in [4.78, 5) is 2.27. The minimum atomic E-state index is -0.577. The Hall–Kier alpha value is -2.86. The van der Waals surface area contributed by atoms with Crippen molar-refractivity contribution in [1.29, 1.82) is 0 Å². The van der Waals surface area contributed by atoms with Crippen LogP contribution in [0.1, 0.15) is 28.4 Å². The van der Waals surface area contributed by atoms with Gasteiger partial charge in [0, 0.05) is 19.6 Å². The van der Waals surface area contributed by atoms with E-state index in [0.29, 0.717) is 6.54 Å². The Morgan fingerprint density at radius 2 is 1.41 bits per heavy atom. The van der Waals surface area contributed by atoms with E-state index >= 15 is 0 Å². The van der Waals surface area contributed by atoms with E-state index in [0.717, 1.165) is 42.1 Å². The summed E-state index contributed by atoms with van der Waals surface area (Å²) in [6.45, 7) is 2.49. The van der Waals surface area contributed by atoms with Gasteiger partial charge in [-0.05, 0) is 40.8 Å². The number of β-amino-alcohol motifs (C(OH)–C–C–N with tert-alkyl or cyclic N) is 1. The van der Waals surface area contributed by atoms with Gasteiger partial charge in [-0.15, -0.1) is 0 Å². The highest BCUT2D eigenvalue weighted by molar-refractivity contribution is 5.48. The molecule has 3 aromatic rings. The summed E-state index contributed by atoms with van der Waals surface area (Å²) in [5.74, 6) is 1.51. The van der Waals surface area contributed by atoms with Crippen LogP contribution in [0, 0.1) is 0 Å². The third kappa shape index (κ3) is 5.30. The zero-order valence-electron chi connectivity index (χ0n) is 18.7. The first-order valence-corrected chi connectivity index (χ1v) is 11.0. The lowest BCUT2D eigenvalue weighted by molar-refractivity contribution is -0.0101. The van der Waals surface area contributed by atoms with Crippen LogP contribution in [0.15, 0.2) is 72.8 Å². The Balaban J connectivity index is 1.39. The van der Waals surface area contributed by atoms with Gasteiger partial charge >= 0.3 is 0 Å². The fourth-order valence-electron chi connectivity index (χ4n) is 4.30. The minimum absolute atomic E-state index is 0.203. The van der Waals surface area contributed by atoms with E-state index < -0.39 is 6.10 Å². The smallest absolute Gasteiger partial charge is 0.161 e. The maximum absolute atomic E-state index is 10.8. The molecule has 1 heterocycles. The second-order valence-electron chi connectivity index (χ2n) is 8.15. The second-order valence-corrected chi connectivity index (χ2v) is 8.15. The van der Waals surface area contributed by atoms with Crippen molar-refractivity contribution >= 4 is 0 Å². The number of nitrogens with zero attached hydrogens (tertiary/aromatic N) is 1. The van der Waals surface area contributed by atoms with Crippen LogP contribution in [0.4, 0.5) is 0 Å². The SMILES string of the molecule is COc1cc2c(cc1OC)CN(C[C@@H](O)COC(c1ccccc1)c1ccccc1)CC2. The zero-order valence-corrected chi connectivity index (χ0v) is 18.7. The number of fused-ring (bicyclic) bond motifs is 1. The van der Waals surface area contributed by atoms with Crippen molar-refractivity contribution in [3.05, 3.63) is 95.1 Å². The van der Waals surface area contributed by atoms with Crippen LogP contribution in [0.5, 0.6) is 11.5 Å². The standard InChI is InChI=1S/C27H31NO4/c1-30-25-15-22-13-14-28(17-23(22)16-26(25)31-2)18-24(29)19-32-27(20-9-5-3-6-10-20)21-11-7-4-8-12-21/h3-12,15-16,24,27,29H,13-14,17-19H2,1-2H3/t24-/m1/s1. The van der Waals surface area contributed by atoms with E-state index in [1.54, 1.807) is 14.2 Å². The lowest BCUT2D eigenvalue weighted by Crippen LogP contribution is -2.38. The Morgan fingerprint density at radius 3 is 1.97 bits per heavy atom. The number of aliphatic hydroxyl groups excluding tert-OH is 1. The quantitative estimate of drug-likeness (QED) is 0.547. The molecular weight excluding hydrogens is 402 g/mol. The topological polar surface area (TPSA) is 51.2 Å². The van der Waals surface area contributed by atoms with E-state index in [9.17, 15) is 5.11 Å². The summed E-state index contributed by atoms with van der Waals surface area (Å²) in [6.07, 6.45) is 0.136. The summed E-state index contributed by atoms with van der Waals surface area (Å²) < 4.78 is 17.1. The van der Waals surface area contributed by atoms with Crippen molar-refractivity contribution in [3.8, 4) is 11.5 Å². The molecule has 1 aliphatic heterocycles. The van der Waals surface area contributed by atoms with Gasteiger partial charge in [0.15, 0.2) is 11.5 Å². The number of aliphatic hydroxyl groups is 1. The average molecular weight is 434 g/mol. The molecule has 5 nitrogen and oxygen atoms in total. The van der Waals surface area contributed by atoms with Crippen LogP contribution in [-0.2, 0) is 17.7 Å². The third-order valence-corrected chi connectivity index (χ3v) is 5.93. The Morgan fingerprint density at radius 1 is 0.844 bits per heavy atom. The van der Waals surface area contributed by atoms with Crippen LogP contribution >= 0.6 is 0 Å². The van der Waals surface area contributed by atoms with Crippen LogP contribution in [0.2, 0.25) is 0 Å². The summed E-state index contributed by atoms with van der Waals surface area (Å²) in [7, 11) is 3.32. The van der Waals surface area contributed by atoms with Gasteiger partial charge in [-0.1, -0.05) is 60.7 Å². The maximum Gasteiger partial charge on any atom is 0.161 e. The van der Waals surface area contributed by atoms with Crippen molar-refractivity contribution in [1.82, 2.24) is 4.90 Å². The molecule has 0 aromatic heterocycles. The summed E-state index contributed by atoms with van der Waals surface area (Å²) in [5.41, 5.74) is 4.66. The van der Waals surface area contributed by atoms with Crippen molar-refractivity contribution in [2.24, 2.45) is 0 Å². The highest BCUT2D eigenvalue weighted by Crippen LogP contribution is 2.33. The molecule has 0 spiro atoms. The fourth-order valence-corrected chi connectivity index (χ4v) is 4.30. The number of hydrogen-bond acceptors (Lipinski definition) is 5. The summed E-state index contributed by atoms with van der Waals surface area (Å²) >= 11 is 0. The molecule has 168 valence electrons. The largest absolute Gasteiger partial charge is 0.493 e. The second kappa shape index (κ2) is 10.6. The molecule has 0 unspecified atom stereocenters. The normalized spacial score (nSPS) is 14.8. The molecule has 5 heteroatoms. The summed E-state index contributed by atoms with van der Waals surface area (Å²) in [5, 5.41) is 10.8. The van der Waals surface area contributed by atoms with Gasteiger partial charge in [-0.25, -0.2) is 0 Å². The highest BCUT2D eigenvalue weighted by atomic mass is 16.5. The molecule has 32 heavy (non-hydrogen) atoms. The number of ether oxygens (including phenoxy) is 3. The van der Waals surface area contributed by atoms with E-state index in [4.69, 9.17) is 14.2 Å². The summed E-state index contributed by atoms with van der Waals surface area (Å²) in [6, 6.07) is 24.4. The Labute approximate surface area is 190 Å².